The Morgan fingerprint density at radius 3 is 2.53 bits per heavy atom. The number of hydrogen-bond acceptors (Lipinski definition) is 5. The summed E-state index contributed by atoms with van der Waals surface area (Å²) in [6, 6.07) is 16.5. The van der Waals surface area contributed by atoms with Crippen molar-refractivity contribution in [3.8, 4) is 5.75 Å². The molecule has 0 aliphatic rings. The topological polar surface area (TPSA) is 96.9 Å². The maximum atomic E-state index is 12.6. The average Bonchev–Trinajstić information content (AvgIpc) is 2.81. The van der Waals surface area contributed by atoms with Crippen molar-refractivity contribution in [3.63, 3.8) is 0 Å². The molecule has 0 bridgehead atoms. The second kappa shape index (κ2) is 11.8. The predicted octanol–water partition coefficient (Wildman–Crippen LogP) is 5.16. The molecule has 0 saturated carbocycles. The summed E-state index contributed by atoms with van der Waals surface area (Å²) in [6.07, 6.45) is 1.34. The van der Waals surface area contributed by atoms with Gasteiger partial charge >= 0.3 is 5.97 Å². The Morgan fingerprint density at radius 2 is 1.79 bits per heavy atom. The lowest BCUT2D eigenvalue weighted by atomic mass is 10.1. The molecule has 0 aliphatic heterocycles. The third-order valence-electron chi connectivity index (χ3n) is 4.52. The van der Waals surface area contributed by atoms with Gasteiger partial charge in [-0.15, -0.1) is 0 Å². The summed E-state index contributed by atoms with van der Waals surface area (Å²) in [5.74, 6) is -1.29. The monoisotopic (exact) mass is 561 g/mol. The number of esters is 1. The number of carbonyl (C=O) groups is 3. The van der Waals surface area contributed by atoms with Crippen molar-refractivity contribution in [2.45, 2.75) is 6.92 Å². The number of ether oxygens (including phenoxy) is 1. The lowest BCUT2D eigenvalue weighted by Gasteiger charge is -2.09. The SMILES string of the molecule is Cc1ccccc1C(=O)Oc1ccc(Br)cc1/C=N\NC(=O)CNC(=O)c1ccc(Cl)c(Cl)c1. The van der Waals surface area contributed by atoms with Crippen LogP contribution in [0, 0.1) is 6.92 Å². The van der Waals surface area contributed by atoms with Gasteiger partial charge in [0.25, 0.3) is 11.8 Å². The summed E-state index contributed by atoms with van der Waals surface area (Å²) in [6.45, 7) is 1.50. The fourth-order valence-corrected chi connectivity index (χ4v) is 3.46. The van der Waals surface area contributed by atoms with E-state index < -0.39 is 17.8 Å². The zero-order valence-corrected chi connectivity index (χ0v) is 20.9. The minimum absolute atomic E-state index is 0.233. The van der Waals surface area contributed by atoms with Crippen LogP contribution in [0.1, 0.15) is 31.8 Å². The van der Waals surface area contributed by atoms with Crippen molar-refractivity contribution in [1.82, 2.24) is 10.7 Å². The molecule has 3 rings (SSSR count). The highest BCUT2D eigenvalue weighted by molar-refractivity contribution is 9.10. The molecule has 7 nitrogen and oxygen atoms in total. The standard InChI is InChI=1S/C24H18BrCl2N3O4/c1-14-4-2-3-5-18(14)24(33)34-21-9-7-17(25)10-16(21)12-29-30-22(31)13-28-23(32)15-6-8-19(26)20(27)11-15/h2-12H,13H2,1H3,(H,28,32)(H,30,31)/b29-12-. The van der Waals surface area contributed by atoms with Crippen LogP contribution in [-0.2, 0) is 4.79 Å². The fraction of sp³-hybridized carbons (Fsp3) is 0.0833. The van der Waals surface area contributed by atoms with E-state index in [1.165, 1.54) is 24.4 Å². The van der Waals surface area contributed by atoms with Crippen LogP contribution < -0.4 is 15.5 Å². The van der Waals surface area contributed by atoms with E-state index in [1.54, 1.807) is 30.3 Å². The highest BCUT2D eigenvalue weighted by atomic mass is 79.9. The number of halogens is 3. The van der Waals surface area contributed by atoms with Gasteiger partial charge < -0.3 is 10.1 Å². The van der Waals surface area contributed by atoms with Gasteiger partial charge in [-0.25, -0.2) is 10.2 Å². The molecule has 0 radical (unpaired) electrons. The second-order valence-corrected chi connectivity index (χ2v) is 8.72. The molecule has 2 amide bonds. The molecule has 2 N–H and O–H groups in total. The summed E-state index contributed by atoms with van der Waals surface area (Å²) in [5.41, 5.74) is 4.26. The van der Waals surface area contributed by atoms with Crippen molar-refractivity contribution in [1.29, 1.82) is 0 Å². The Bertz CT molecular complexity index is 1280. The van der Waals surface area contributed by atoms with Crippen LogP contribution in [-0.4, -0.2) is 30.5 Å². The van der Waals surface area contributed by atoms with Gasteiger partial charge in [-0.3, -0.25) is 9.59 Å². The van der Waals surface area contributed by atoms with E-state index in [0.717, 1.165) is 10.0 Å². The molecule has 3 aromatic rings. The molecule has 34 heavy (non-hydrogen) atoms. The minimum Gasteiger partial charge on any atom is -0.422 e. The van der Waals surface area contributed by atoms with Crippen molar-refractivity contribution >= 4 is 63.1 Å². The van der Waals surface area contributed by atoms with Crippen LogP contribution in [0.25, 0.3) is 0 Å². The molecule has 0 heterocycles. The highest BCUT2D eigenvalue weighted by Gasteiger charge is 2.14. The number of hydrogen-bond donors (Lipinski definition) is 2. The molecule has 0 aliphatic carbocycles. The van der Waals surface area contributed by atoms with Crippen molar-refractivity contribution in [2.75, 3.05) is 6.54 Å². The minimum atomic E-state index is -0.557. The average molecular weight is 563 g/mol. The van der Waals surface area contributed by atoms with Crippen molar-refractivity contribution in [2.24, 2.45) is 5.10 Å². The molecule has 0 fully saturated rings. The Hall–Kier alpha value is -3.20. The number of amides is 2. The Morgan fingerprint density at radius 1 is 1.03 bits per heavy atom. The number of aryl methyl sites for hydroxylation is 1. The molecule has 10 heteroatoms. The molecule has 0 spiro atoms. The van der Waals surface area contributed by atoms with Crippen LogP contribution in [0.5, 0.6) is 5.75 Å². The largest absolute Gasteiger partial charge is 0.422 e. The molecular formula is C24H18BrCl2N3O4. The van der Waals surface area contributed by atoms with Gasteiger partial charge in [0.05, 0.1) is 28.4 Å². The normalized spacial score (nSPS) is 10.7. The highest BCUT2D eigenvalue weighted by Crippen LogP contribution is 2.24. The number of carbonyl (C=O) groups excluding carboxylic acids is 3. The molecule has 0 unspecified atom stereocenters. The molecule has 0 aromatic heterocycles. The number of rotatable bonds is 7. The smallest absolute Gasteiger partial charge is 0.343 e. The van der Waals surface area contributed by atoms with Gasteiger partial charge in [-0.05, 0) is 55.0 Å². The van der Waals surface area contributed by atoms with E-state index in [9.17, 15) is 14.4 Å². The molecule has 0 saturated heterocycles. The Balaban J connectivity index is 1.60. The maximum Gasteiger partial charge on any atom is 0.343 e. The molecule has 3 aromatic carbocycles. The van der Waals surface area contributed by atoms with E-state index in [0.29, 0.717) is 16.1 Å². The number of hydrazone groups is 1. The predicted molar refractivity (Wildman–Crippen MR) is 135 cm³/mol. The van der Waals surface area contributed by atoms with E-state index in [4.69, 9.17) is 27.9 Å². The van der Waals surface area contributed by atoms with Crippen LogP contribution in [0.3, 0.4) is 0 Å². The molecule has 174 valence electrons. The zero-order chi connectivity index (χ0) is 24.7. The van der Waals surface area contributed by atoms with Gasteiger partial charge in [-0.1, -0.05) is 57.3 Å². The first-order chi connectivity index (χ1) is 16.2. The summed E-state index contributed by atoms with van der Waals surface area (Å²) in [5, 5.41) is 6.91. The Labute approximate surface area is 214 Å². The van der Waals surface area contributed by atoms with Gasteiger partial charge in [0.15, 0.2) is 0 Å². The fourth-order valence-electron chi connectivity index (χ4n) is 2.78. The third kappa shape index (κ3) is 6.90. The summed E-state index contributed by atoms with van der Waals surface area (Å²) in [7, 11) is 0. The molecular weight excluding hydrogens is 545 g/mol. The summed E-state index contributed by atoms with van der Waals surface area (Å²) < 4.78 is 6.26. The Kier molecular flexibility index (Phi) is 8.81. The summed E-state index contributed by atoms with van der Waals surface area (Å²) in [4.78, 5) is 36.8. The van der Waals surface area contributed by atoms with E-state index in [2.05, 4.69) is 31.8 Å². The number of nitrogens with zero attached hydrogens (tertiary/aromatic N) is 1. The van der Waals surface area contributed by atoms with E-state index in [-0.39, 0.29) is 22.9 Å². The van der Waals surface area contributed by atoms with Crippen molar-refractivity contribution in [3.05, 3.63) is 97.4 Å². The number of benzene rings is 3. The van der Waals surface area contributed by atoms with Crippen LogP contribution in [0.15, 0.2) is 70.2 Å². The first-order valence-corrected chi connectivity index (χ1v) is 11.4. The quantitative estimate of drug-likeness (QED) is 0.180. The van der Waals surface area contributed by atoms with E-state index in [1.807, 2.05) is 19.1 Å². The third-order valence-corrected chi connectivity index (χ3v) is 5.76. The van der Waals surface area contributed by atoms with Gasteiger partial charge in [-0.2, -0.15) is 5.10 Å². The van der Waals surface area contributed by atoms with Gasteiger partial charge in [0.2, 0.25) is 0 Å². The zero-order valence-electron chi connectivity index (χ0n) is 17.8. The van der Waals surface area contributed by atoms with Crippen LogP contribution >= 0.6 is 39.1 Å². The lowest BCUT2D eigenvalue weighted by Crippen LogP contribution is -2.34. The van der Waals surface area contributed by atoms with Crippen molar-refractivity contribution < 1.29 is 19.1 Å². The van der Waals surface area contributed by atoms with Crippen LogP contribution in [0.2, 0.25) is 10.0 Å². The number of nitrogens with one attached hydrogen (secondary N) is 2. The lowest BCUT2D eigenvalue weighted by molar-refractivity contribution is -0.120. The van der Waals surface area contributed by atoms with E-state index >= 15 is 0 Å². The summed E-state index contributed by atoms with van der Waals surface area (Å²) >= 11 is 15.1. The first-order valence-electron chi connectivity index (χ1n) is 9.87. The van der Waals surface area contributed by atoms with Gasteiger partial charge in [0, 0.05) is 15.6 Å². The second-order valence-electron chi connectivity index (χ2n) is 6.99. The van der Waals surface area contributed by atoms with Crippen LogP contribution in [0.4, 0.5) is 0 Å². The maximum absolute atomic E-state index is 12.6. The van der Waals surface area contributed by atoms with Gasteiger partial charge in [0.1, 0.15) is 5.75 Å². The first kappa shape index (κ1) is 25.4. The molecule has 0 atom stereocenters.